The number of hydrogen-bond donors (Lipinski definition) is 2. The number of nitrogens with zero attached hydrogens (tertiary/aromatic N) is 1. The van der Waals surface area contributed by atoms with Gasteiger partial charge < -0.3 is 10.8 Å². The van der Waals surface area contributed by atoms with Gasteiger partial charge in [0, 0.05) is 13.1 Å². The number of rotatable bonds is 3. The summed E-state index contributed by atoms with van der Waals surface area (Å²) in [6.45, 7) is -0.282. The molecule has 0 aliphatic carbocycles. The van der Waals surface area contributed by atoms with Gasteiger partial charge in [-0.25, -0.2) is 0 Å². The van der Waals surface area contributed by atoms with Crippen molar-refractivity contribution in [2.45, 2.75) is 24.6 Å². The maximum atomic E-state index is 12.0. The van der Waals surface area contributed by atoms with Crippen LogP contribution in [0.3, 0.4) is 0 Å². The van der Waals surface area contributed by atoms with Gasteiger partial charge in [0.2, 0.25) is 0 Å². The molecule has 0 spiro atoms. The van der Waals surface area contributed by atoms with Gasteiger partial charge in [-0.15, -0.1) is 0 Å². The fraction of sp³-hybridized carbons (Fsp3) is 1.00. The lowest BCUT2D eigenvalue weighted by atomic mass is 9.99. The SMILES string of the molecule is NCCC1(O)CCN(CC(F)(F)F)C1. The Balaban J connectivity index is 2.41. The Morgan fingerprint density at radius 1 is 1.43 bits per heavy atom. The molecule has 1 aliphatic heterocycles. The molecular formula is C8H15F3N2O. The standard InChI is InChI=1S/C8H15F3N2O/c9-8(10,11)6-13-4-2-7(14,5-13)1-3-12/h14H,1-6,12H2. The summed E-state index contributed by atoms with van der Waals surface area (Å²) in [4.78, 5) is 1.22. The smallest absolute Gasteiger partial charge is 0.388 e. The van der Waals surface area contributed by atoms with Crippen molar-refractivity contribution >= 4 is 0 Å². The first-order valence-electron chi connectivity index (χ1n) is 4.56. The van der Waals surface area contributed by atoms with E-state index in [1.54, 1.807) is 0 Å². The third kappa shape index (κ3) is 3.43. The second kappa shape index (κ2) is 4.04. The number of halogens is 3. The summed E-state index contributed by atoms with van der Waals surface area (Å²) in [5, 5.41) is 9.77. The van der Waals surface area contributed by atoms with Gasteiger partial charge in [0.1, 0.15) is 0 Å². The van der Waals surface area contributed by atoms with Crippen molar-refractivity contribution in [3.05, 3.63) is 0 Å². The van der Waals surface area contributed by atoms with E-state index in [1.807, 2.05) is 0 Å². The Kier molecular flexibility index (Phi) is 3.39. The van der Waals surface area contributed by atoms with Crippen LogP contribution in [0, 0.1) is 0 Å². The fourth-order valence-corrected chi connectivity index (χ4v) is 1.80. The van der Waals surface area contributed by atoms with E-state index in [2.05, 4.69) is 0 Å². The van der Waals surface area contributed by atoms with Gasteiger partial charge in [-0.05, 0) is 19.4 Å². The summed E-state index contributed by atoms with van der Waals surface area (Å²) in [6.07, 6.45) is -3.45. The third-order valence-electron chi connectivity index (χ3n) is 2.42. The first-order chi connectivity index (χ1) is 6.35. The van der Waals surface area contributed by atoms with Crippen LogP contribution in [0.5, 0.6) is 0 Å². The molecule has 0 saturated carbocycles. The van der Waals surface area contributed by atoms with E-state index in [4.69, 9.17) is 5.73 Å². The van der Waals surface area contributed by atoms with Crippen LogP contribution in [0.2, 0.25) is 0 Å². The van der Waals surface area contributed by atoms with E-state index in [0.717, 1.165) is 0 Å². The minimum absolute atomic E-state index is 0.0731. The first-order valence-corrected chi connectivity index (χ1v) is 4.56. The van der Waals surface area contributed by atoms with E-state index < -0.39 is 18.3 Å². The van der Waals surface area contributed by atoms with Crippen LogP contribution in [0.25, 0.3) is 0 Å². The second-order valence-corrected chi connectivity index (χ2v) is 3.84. The van der Waals surface area contributed by atoms with Crippen LogP contribution in [0.15, 0.2) is 0 Å². The quantitative estimate of drug-likeness (QED) is 0.709. The molecule has 6 heteroatoms. The molecule has 1 rings (SSSR count). The number of hydrogen-bond acceptors (Lipinski definition) is 3. The highest BCUT2D eigenvalue weighted by Crippen LogP contribution is 2.27. The summed E-state index contributed by atoms with van der Waals surface area (Å²) in [7, 11) is 0. The molecular weight excluding hydrogens is 197 g/mol. The Morgan fingerprint density at radius 2 is 2.07 bits per heavy atom. The van der Waals surface area contributed by atoms with Crippen molar-refractivity contribution in [1.82, 2.24) is 4.90 Å². The molecule has 3 nitrogen and oxygen atoms in total. The molecule has 1 heterocycles. The average molecular weight is 212 g/mol. The van der Waals surface area contributed by atoms with Gasteiger partial charge in [0.25, 0.3) is 0 Å². The average Bonchev–Trinajstić information content (AvgIpc) is 2.29. The van der Waals surface area contributed by atoms with Crippen LogP contribution < -0.4 is 5.73 Å². The zero-order valence-electron chi connectivity index (χ0n) is 7.85. The van der Waals surface area contributed by atoms with Crippen LogP contribution >= 0.6 is 0 Å². The molecule has 14 heavy (non-hydrogen) atoms. The molecule has 1 fully saturated rings. The lowest BCUT2D eigenvalue weighted by Gasteiger charge is -2.23. The molecule has 3 N–H and O–H groups in total. The Bertz CT molecular complexity index is 198. The van der Waals surface area contributed by atoms with Gasteiger partial charge in [-0.2, -0.15) is 13.2 Å². The van der Waals surface area contributed by atoms with Crippen molar-refractivity contribution in [2.75, 3.05) is 26.2 Å². The number of likely N-dealkylation sites (tertiary alicyclic amines) is 1. The third-order valence-corrected chi connectivity index (χ3v) is 2.42. The first kappa shape index (κ1) is 11.7. The number of aliphatic hydroxyl groups is 1. The summed E-state index contributed by atoms with van der Waals surface area (Å²) < 4.78 is 36.0. The second-order valence-electron chi connectivity index (χ2n) is 3.84. The maximum Gasteiger partial charge on any atom is 0.401 e. The predicted octanol–water partition coefficient (Wildman–Crippen LogP) is 0.334. The monoisotopic (exact) mass is 212 g/mol. The molecule has 84 valence electrons. The van der Waals surface area contributed by atoms with E-state index >= 15 is 0 Å². The van der Waals surface area contributed by atoms with E-state index in [0.29, 0.717) is 19.4 Å². The summed E-state index contributed by atoms with van der Waals surface area (Å²) in [5.41, 5.74) is 4.25. The van der Waals surface area contributed by atoms with Crippen molar-refractivity contribution in [1.29, 1.82) is 0 Å². The topological polar surface area (TPSA) is 49.5 Å². The van der Waals surface area contributed by atoms with Crippen LogP contribution in [-0.2, 0) is 0 Å². The molecule has 1 unspecified atom stereocenters. The van der Waals surface area contributed by atoms with Gasteiger partial charge in [-0.3, -0.25) is 4.90 Å². The summed E-state index contributed by atoms with van der Waals surface area (Å²) in [5.74, 6) is 0. The van der Waals surface area contributed by atoms with Crippen LogP contribution in [-0.4, -0.2) is 48.0 Å². The van der Waals surface area contributed by atoms with E-state index in [-0.39, 0.29) is 13.1 Å². The molecule has 1 saturated heterocycles. The molecule has 0 aromatic carbocycles. The highest BCUT2D eigenvalue weighted by molar-refractivity contribution is 4.90. The van der Waals surface area contributed by atoms with Crippen LogP contribution in [0.1, 0.15) is 12.8 Å². The van der Waals surface area contributed by atoms with Gasteiger partial charge in [-0.1, -0.05) is 0 Å². The fourth-order valence-electron chi connectivity index (χ4n) is 1.80. The Morgan fingerprint density at radius 3 is 2.57 bits per heavy atom. The summed E-state index contributed by atoms with van der Waals surface area (Å²) in [6, 6.07) is 0. The molecule has 1 atom stereocenters. The van der Waals surface area contributed by atoms with Crippen molar-refractivity contribution in [2.24, 2.45) is 5.73 Å². The largest absolute Gasteiger partial charge is 0.401 e. The van der Waals surface area contributed by atoms with E-state index in [9.17, 15) is 18.3 Å². The minimum Gasteiger partial charge on any atom is -0.388 e. The van der Waals surface area contributed by atoms with Crippen molar-refractivity contribution in [3.8, 4) is 0 Å². The Labute approximate surface area is 80.7 Å². The lowest BCUT2D eigenvalue weighted by molar-refractivity contribution is -0.145. The highest BCUT2D eigenvalue weighted by atomic mass is 19.4. The maximum absolute atomic E-state index is 12.0. The Hall–Kier alpha value is -0.330. The number of nitrogens with two attached hydrogens (primary N) is 1. The van der Waals surface area contributed by atoms with Crippen molar-refractivity contribution < 1.29 is 18.3 Å². The number of β-amino-alcohol motifs (C(OH)–C–C–N with tert-alkyl or cyclic N) is 1. The highest BCUT2D eigenvalue weighted by Gasteiger charge is 2.40. The molecule has 1 aliphatic rings. The zero-order chi connectivity index (χ0) is 10.8. The molecule has 0 aromatic heterocycles. The van der Waals surface area contributed by atoms with E-state index in [1.165, 1.54) is 4.90 Å². The van der Waals surface area contributed by atoms with Crippen molar-refractivity contribution in [3.63, 3.8) is 0 Å². The zero-order valence-corrected chi connectivity index (χ0v) is 7.85. The minimum atomic E-state index is -4.19. The molecule has 0 bridgehead atoms. The lowest BCUT2D eigenvalue weighted by Crippen LogP contribution is -2.38. The van der Waals surface area contributed by atoms with Gasteiger partial charge in [0.05, 0.1) is 12.1 Å². The van der Waals surface area contributed by atoms with Gasteiger partial charge in [0.15, 0.2) is 0 Å². The predicted molar refractivity (Wildman–Crippen MR) is 45.7 cm³/mol. The molecule has 0 radical (unpaired) electrons. The summed E-state index contributed by atoms with van der Waals surface area (Å²) >= 11 is 0. The molecule has 0 amide bonds. The van der Waals surface area contributed by atoms with Gasteiger partial charge >= 0.3 is 6.18 Å². The number of alkyl halides is 3. The van der Waals surface area contributed by atoms with Crippen LogP contribution in [0.4, 0.5) is 13.2 Å². The molecule has 0 aromatic rings. The normalized spacial score (nSPS) is 29.8.